The molecule has 0 spiro atoms. The first-order valence-corrected chi connectivity index (χ1v) is 7.95. The molecule has 0 aliphatic carbocycles. The maximum absolute atomic E-state index is 12.7. The molecule has 0 radical (unpaired) electrons. The summed E-state index contributed by atoms with van der Waals surface area (Å²) in [4.78, 5) is 15.3. The molecule has 5 nitrogen and oxygen atoms in total. The highest BCUT2D eigenvalue weighted by atomic mass is 32.1. The first-order chi connectivity index (χ1) is 9.30. The molecule has 1 saturated heterocycles. The molecule has 1 fully saturated rings. The molecule has 20 heavy (non-hydrogen) atoms. The van der Waals surface area contributed by atoms with Gasteiger partial charge in [-0.05, 0) is 37.2 Å². The summed E-state index contributed by atoms with van der Waals surface area (Å²) in [5.41, 5.74) is 6.63. The number of hydrogen-bond acceptors (Lipinski definition) is 5. The Bertz CT molecular complexity index is 478. The zero-order chi connectivity index (χ0) is 14.9. The van der Waals surface area contributed by atoms with Crippen LogP contribution in [0.1, 0.15) is 55.9 Å². The standard InChI is InChI=1S/C14H24N4OS/c1-9(15)10-6-5-7-18(8-10)13(19)11-12(14(2,3)4)16-17-20-11/h9-10H,5-8,15H2,1-4H3. The summed E-state index contributed by atoms with van der Waals surface area (Å²) >= 11 is 1.20. The third-order valence-electron chi connectivity index (χ3n) is 3.88. The highest BCUT2D eigenvalue weighted by Crippen LogP contribution is 2.28. The minimum absolute atomic E-state index is 0.0651. The third kappa shape index (κ3) is 3.17. The lowest BCUT2D eigenvalue weighted by Gasteiger charge is -2.34. The van der Waals surface area contributed by atoms with Crippen LogP contribution in [0.3, 0.4) is 0 Å². The normalized spacial score (nSPS) is 21.9. The Labute approximate surface area is 124 Å². The molecule has 1 aromatic rings. The van der Waals surface area contributed by atoms with Crippen molar-refractivity contribution in [3.63, 3.8) is 0 Å². The predicted octanol–water partition coefficient (Wildman–Crippen LogP) is 2.04. The largest absolute Gasteiger partial charge is 0.338 e. The molecule has 112 valence electrons. The summed E-state index contributed by atoms with van der Waals surface area (Å²) in [6.07, 6.45) is 2.13. The van der Waals surface area contributed by atoms with E-state index in [1.54, 1.807) is 0 Å². The maximum Gasteiger partial charge on any atom is 0.267 e. The Kier molecular flexibility index (Phi) is 4.44. The van der Waals surface area contributed by atoms with Crippen molar-refractivity contribution in [2.75, 3.05) is 13.1 Å². The van der Waals surface area contributed by atoms with Crippen LogP contribution in [0.2, 0.25) is 0 Å². The molecule has 0 saturated carbocycles. The lowest BCUT2D eigenvalue weighted by Crippen LogP contribution is -2.45. The van der Waals surface area contributed by atoms with E-state index in [1.165, 1.54) is 11.5 Å². The number of piperidine rings is 1. The van der Waals surface area contributed by atoms with Crippen LogP contribution in [0.25, 0.3) is 0 Å². The van der Waals surface area contributed by atoms with Gasteiger partial charge in [0.2, 0.25) is 0 Å². The van der Waals surface area contributed by atoms with Crippen LogP contribution in [-0.2, 0) is 5.41 Å². The van der Waals surface area contributed by atoms with Gasteiger partial charge >= 0.3 is 0 Å². The second-order valence-corrected chi connectivity index (χ2v) is 7.47. The average molecular weight is 296 g/mol. The number of likely N-dealkylation sites (tertiary alicyclic amines) is 1. The number of rotatable bonds is 2. The van der Waals surface area contributed by atoms with Gasteiger partial charge < -0.3 is 10.6 Å². The average Bonchev–Trinajstić information content (AvgIpc) is 2.87. The molecule has 2 rings (SSSR count). The molecular formula is C14H24N4OS. The number of hydrogen-bond donors (Lipinski definition) is 1. The Morgan fingerprint density at radius 1 is 1.50 bits per heavy atom. The van der Waals surface area contributed by atoms with Crippen molar-refractivity contribution < 1.29 is 4.79 Å². The Morgan fingerprint density at radius 2 is 2.20 bits per heavy atom. The van der Waals surface area contributed by atoms with Gasteiger partial charge in [0.25, 0.3) is 5.91 Å². The number of aromatic nitrogens is 2. The van der Waals surface area contributed by atoms with Crippen LogP contribution < -0.4 is 5.73 Å². The summed E-state index contributed by atoms with van der Waals surface area (Å²) in [7, 11) is 0. The second kappa shape index (κ2) is 5.77. The van der Waals surface area contributed by atoms with E-state index in [4.69, 9.17) is 5.73 Å². The van der Waals surface area contributed by atoms with E-state index in [0.717, 1.165) is 31.6 Å². The number of amides is 1. The fraction of sp³-hybridized carbons (Fsp3) is 0.786. The van der Waals surface area contributed by atoms with Crippen molar-refractivity contribution in [1.29, 1.82) is 0 Å². The fourth-order valence-corrected chi connectivity index (χ4v) is 3.43. The molecule has 2 atom stereocenters. The Hall–Kier alpha value is -1.01. The minimum atomic E-state index is -0.158. The van der Waals surface area contributed by atoms with Gasteiger partial charge in [-0.15, -0.1) is 5.10 Å². The molecule has 2 heterocycles. The quantitative estimate of drug-likeness (QED) is 0.906. The van der Waals surface area contributed by atoms with Crippen molar-refractivity contribution in [3.05, 3.63) is 10.6 Å². The van der Waals surface area contributed by atoms with Gasteiger partial charge in [-0.25, -0.2) is 0 Å². The number of nitrogens with zero attached hydrogens (tertiary/aromatic N) is 3. The summed E-state index contributed by atoms with van der Waals surface area (Å²) in [5.74, 6) is 0.460. The number of nitrogens with two attached hydrogens (primary N) is 1. The van der Waals surface area contributed by atoms with Gasteiger partial charge in [0.05, 0.1) is 5.69 Å². The van der Waals surface area contributed by atoms with Crippen molar-refractivity contribution >= 4 is 17.4 Å². The first kappa shape index (κ1) is 15.4. The molecule has 1 aliphatic heterocycles. The van der Waals surface area contributed by atoms with E-state index < -0.39 is 0 Å². The SMILES string of the molecule is CC(N)C1CCCN(C(=O)c2snnc2C(C)(C)C)C1. The molecule has 1 aliphatic rings. The lowest BCUT2D eigenvalue weighted by molar-refractivity contribution is 0.0663. The highest BCUT2D eigenvalue weighted by molar-refractivity contribution is 7.08. The van der Waals surface area contributed by atoms with Crippen molar-refractivity contribution in [3.8, 4) is 0 Å². The van der Waals surface area contributed by atoms with Crippen molar-refractivity contribution in [2.45, 2.75) is 52.0 Å². The van der Waals surface area contributed by atoms with Crippen LogP contribution in [0, 0.1) is 5.92 Å². The molecule has 6 heteroatoms. The van der Waals surface area contributed by atoms with Crippen LogP contribution >= 0.6 is 11.5 Å². The molecular weight excluding hydrogens is 272 g/mol. The van der Waals surface area contributed by atoms with Gasteiger partial charge in [-0.2, -0.15) is 0 Å². The topological polar surface area (TPSA) is 72.1 Å². The number of carbonyl (C=O) groups is 1. The molecule has 1 aromatic heterocycles. The lowest BCUT2D eigenvalue weighted by atomic mass is 9.90. The smallest absolute Gasteiger partial charge is 0.267 e. The first-order valence-electron chi connectivity index (χ1n) is 7.18. The Balaban J connectivity index is 2.18. The molecule has 1 amide bonds. The Morgan fingerprint density at radius 3 is 2.80 bits per heavy atom. The fourth-order valence-electron chi connectivity index (χ4n) is 2.59. The third-order valence-corrected chi connectivity index (χ3v) is 4.60. The van der Waals surface area contributed by atoms with Crippen LogP contribution in [0.5, 0.6) is 0 Å². The predicted molar refractivity (Wildman–Crippen MR) is 80.9 cm³/mol. The van der Waals surface area contributed by atoms with E-state index in [0.29, 0.717) is 10.8 Å². The van der Waals surface area contributed by atoms with Gasteiger partial charge in [-0.1, -0.05) is 25.3 Å². The van der Waals surface area contributed by atoms with E-state index in [-0.39, 0.29) is 17.4 Å². The monoisotopic (exact) mass is 296 g/mol. The molecule has 0 bridgehead atoms. The zero-order valence-corrected chi connectivity index (χ0v) is 13.5. The van der Waals surface area contributed by atoms with Crippen molar-refractivity contribution in [1.82, 2.24) is 14.5 Å². The van der Waals surface area contributed by atoms with Gasteiger partial charge in [0.1, 0.15) is 4.88 Å². The number of carbonyl (C=O) groups excluding carboxylic acids is 1. The minimum Gasteiger partial charge on any atom is -0.338 e. The van der Waals surface area contributed by atoms with Crippen LogP contribution in [0.4, 0.5) is 0 Å². The summed E-state index contributed by atoms with van der Waals surface area (Å²) in [6, 6.07) is 0.132. The summed E-state index contributed by atoms with van der Waals surface area (Å²) < 4.78 is 3.98. The van der Waals surface area contributed by atoms with E-state index in [9.17, 15) is 4.79 Å². The van der Waals surface area contributed by atoms with Gasteiger partial charge in [0, 0.05) is 24.5 Å². The molecule has 2 N–H and O–H groups in total. The second-order valence-electron chi connectivity index (χ2n) is 6.71. The van der Waals surface area contributed by atoms with E-state index in [2.05, 4.69) is 30.4 Å². The van der Waals surface area contributed by atoms with Crippen LogP contribution in [-0.4, -0.2) is 39.5 Å². The molecule has 2 unspecified atom stereocenters. The van der Waals surface area contributed by atoms with E-state index in [1.807, 2.05) is 11.8 Å². The van der Waals surface area contributed by atoms with E-state index >= 15 is 0 Å². The van der Waals surface area contributed by atoms with Crippen molar-refractivity contribution in [2.24, 2.45) is 11.7 Å². The van der Waals surface area contributed by atoms with Crippen LogP contribution in [0.15, 0.2) is 0 Å². The maximum atomic E-state index is 12.7. The zero-order valence-electron chi connectivity index (χ0n) is 12.7. The summed E-state index contributed by atoms with van der Waals surface area (Å²) in [6.45, 7) is 9.75. The van der Waals surface area contributed by atoms with Gasteiger partial charge in [-0.3, -0.25) is 4.79 Å². The highest BCUT2D eigenvalue weighted by Gasteiger charge is 2.32. The van der Waals surface area contributed by atoms with Gasteiger partial charge in [0.15, 0.2) is 0 Å². The molecule has 0 aromatic carbocycles. The summed E-state index contributed by atoms with van der Waals surface area (Å²) in [5, 5.41) is 4.15.